The minimum absolute atomic E-state index is 0.0455. The van der Waals surface area contributed by atoms with Crippen molar-refractivity contribution in [3.8, 4) is 16.9 Å². The van der Waals surface area contributed by atoms with E-state index in [0.29, 0.717) is 5.56 Å². The highest BCUT2D eigenvalue weighted by molar-refractivity contribution is 7.90. The van der Waals surface area contributed by atoms with E-state index in [1.54, 1.807) is 0 Å². The zero-order valence-corrected chi connectivity index (χ0v) is 16.8. The number of ether oxygens (including phenoxy) is 1. The molecule has 0 bridgehead atoms. The van der Waals surface area contributed by atoms with Gasteiger partial charge in [0.15, 0.2) is 15.6 Å². The van der Waals surface area contributed by atoms with Crippen molar-refractivity contribution in [3.63, 3.8) is 0 Å². The van der Waals surface area contributed by atoms with Gasteiger partial charge in [0.05, 0.1) is 23.3 Å². The lowest BCUT2D eigenvalue weighted by molar-refractivity contribution is -0.143. The molecule has 7 nitrogen and oxygen atoms in total. The molecule has 0 saturated carbocycles. The third kappa shape index (κ3) is 6.57. The Morgan fingerprint density at radius 3 is 2.24 bits per heavy atom. The van der Waals surface area contributed by atoms with Gasteiger partial charge in [0.25, 0.3) is 0 Å². The Morgan fingerprint density at radius 2 is 1.76 bits per heavy atom. The van der Waals surface area contributed by atoms with Crippen LogP contribution in [-0.2, 0) is 16.4 Å². The van der Waals surface area contributed by atoms with E-state index >= 15 is 0 Å². The van der Waals surface area contributed by atoms with Crippen molar-refractivity contribution in [2.45, 2.75) is 43.5 Å². The maximum absolute atomic E-state index is 12.7. The molecule has 0 fully saturated rings. The molecule has 2 rings (SSSR count). The summed E-state index contributed by atoms with van der Waals surface area (Å²) in [7, 11) is -3.44. The third-order valence-corrected chi connectivity index (χ3v) is 5.01. The molecular formula is C18H21F3N2O5S. The molecule has 2 aromatic rings. The monoisotopic (exact) mass is 434 g/mol. The predicted molar refractivity (Wildman–Crippen MR) is 99.5 cm³/mol. The summed E-state index contributed by atoms with van der Waals surface area (Å²) in [5.41, 5.74) is -1.72. The summed E-state index contributed by atoms with van der Waals surface area (Å²) in [6, 6.07) is 5.44. The molecule has 0 saturated heterocycles. The van der Waals surface area contributed by atoms with Gasteiger partial charge in [-0.25, -0.2) is 13.1 Å². The van der Waals surface area contributed by atoms with Crippen molar-refractivity contribution in [1.82, 2.24) is 9.78 Å². The van der Waals surface area contributed by atoms with E-state index in [1.165, 1.54) is 38.1 Å². The van der Waals surface area contributed by atoms with E-state index in [-0.39, 0.29) is 33.9 Å². The van der Waals surface area contributed by atoms with Gasteiger partial charge in [0.2, 0.25) is 0 Å². The number of alkyl halides is 3. The first-order valence-corrected chi connectivity index (χ1v) is 10.4. The quantitative estimate of drug-likeness (QED) is 0.719. The largest absolute Gasteiger partial charge is 0.487 e. The van der Waals surface area contributed by atoms with Gasteiger partial charge in [-0.05, 0) is 31.5 Å². The Hall–Kier alpha value is -2.40. The van der Waals surface area contributed by atoms with Crippen molar-refractivity contribution in [1.29, 1.82) is 0 Å². The highest BCUT2D eigenvalue weighted by atomic mass is 32.2. The van der Waals surface area contributed by atoms with Crippen LogP contribution in [0.4, 0.5) is 13.2 Å². The fourth-order valence-electron chi connectivity index (χ4n) is 2.38. The number of sulfone groups is 1. The van der Waals surface area contributed by atoms with Gasteiger partial charge in [-0.2, -0.15) is 18.3 Å². The summed E-state index contributed by atoms with van der Waals surface area (Å²) < 4.78 is 67.0. The van der Waals surface area contributed by atoms with E-state index in [1.807, 2.05) is 0 Å². The molecule has 0 radical (unpaired) electrons. The number of benzene rings is 1. The van der Waals surface area contributed by atoms with Gasteiger partial charge < -0.3 is 9.84 Å². The van der Waals surface area contributed by atoms with Crippen molar-refractivity contribution in [3.05, 3.63) is 40.8 Å². The summed E-state index contributed by atoms with van der Waals surface area (Å²) in [6.07, 6.45) is -2.44. The van der Waals surface area contributed by atoms with Gasteiger partial charge in [-0.15, -0.1) is 0 Å². The maximum Gasteiger partial charge on any atom is 0.408 e. The van der Waals surface area contributed by atoms with Crippen LogP contribution in [0.5, 0.6) is 5.75 Å². The molecule has 1 heterocycles. The molecule has 0 aliphatic rings. The van der Waals surface area contributed by atoms with Crippen molar-refractivity contribution in [2.75, 3.05) is 12.9 Å². The number of rotatable bonds is 7. The topological polar surface area (TPSA) is 98.5 Å². The number of halogens is 3. The molecule has 0 unspecified atom stereocenters. The number of nitrogens with zero attached hydrogens (tertiary/aromatic N) is 2. The molecule has 11 heteroatoms. The summed E-state index contributed by atoms with van der Waals surface area (Å²) in [5.74, 6) is -0.361. The van der Waals surface area contributed by atoms with Gasteiger partial charge in [-0.3, -0.25) is 4.79 Å². The Labute approximate surface area is 165 Å². The average Bonchev–Trinajstić information content (AvgIpc) is 2.55. The molecule has 1 aromatic heterocycles. The van der Waals surface area contributed by atoms with Crippen LogP contribution >= 0.6 is 0 Å². The van der Waals surface area contributed by atoms with Crippen LogP contribution in [0, 0.1) is 0 Å². The molecule has 0 aliphatic heterocycles. The Bertz CT molecular complexity index is 1020. The summed E-state index contributed by atoms with van der Waals surface area (Å²) in [5, 5.41) is 13.3. The SMILES string of the molecule is CC(C)(O)CCOc1c(-c2ccc(S(C)(=O)=O)cc2)cnn(CC(F)(F)F)c1=O. The van der Waals surface area contributed by atoms with Crippen LogP contribution in [0.25, 0.3) is 11.1 Å². The lowest BCUT2D eigenvalue weighted by Gasteiger charge is -2.18. The molecule has 160 valence electrons. The van der Waals surface area contributed by atoms with E-state index in [2.05, 4.69) is 5.10 Å². The van der Waals surface area contributed by atoms with Gasteiger partial charge in [0, 0.05) is 18.2 Å². The van der Waals surface area contributed by atoms with Crippen LogP contribution in [0.15, 0.2) is 40.2 Å². The Balaban J connectivity index is 2.49. The van der Waals surface area contributed by atoms with Crippen LogP contribution in [0.3, 0.4) is 0 Å². The normalized spacial score (nSPS) is 12.8. The minimum atomic E-state index is -4.65. The fourth-order valence-corrected chi connectivity index (χ4v) is 3.01. The second-order valence-corrected chi connectivity index (χ2v) is 9.19. The lowest BCUT2D eigenvalue weighted by atomic mass is 10.1. The highest BCUT2D eigenvalue weighted by Gasteiger charge is 2.30. The van der Waals surface area contributed by atoms with Gasteiger partial charge in [0.1, 0.15) is 6.54 Å². The molecule has 0 spiro atoms. The van der Waals surface area contributed by atoms with Crippen molar-refractivity contribution in [2.24, 2.45) is 0 Å². The van der Waals surface area contributed by atoms with E-state index in [0.717, 1.165) is 12.5 Å². The zero-order chi connectivity index (χ0) is 22.0. The first-order valence-electron chi connectivity index (χ1n) is 8.50. The van der Waals surface area contributed by atoms with Crippen LogP contribution in [-0.4, -0.2) is 47.9 Å². The minimum Gasteiger partial charge on any atom is -0.487 e. The smallest absolute Gasteiger partial charge is 0.408 e. The second kappa shape index (κ2) is 8.15. The first-order chi connectivity index (χ1) is 13.2. The van der Waals surface area contributed by atoms with Crippen molar-refractivity contribution < 1.29 is 31.4 Å². The molecule has 0 aliphatic carbocycles. The zero-order valence-electron chi connectivity index (χ0n) is 16.0. The van der Waals surface area contributed by atoms with Crippen LogP contribution in [0.1, 0.15) is 20.3 Å². The first kappa shape index (κ1) is 22.9. The van der Waals surface area contributed by atoms with Crippen LogP contribution in [0.2, 0.25) is 0 Å². The number of hydrogen-bond donors (Lipinski definition) is 1. The fraction of sp³-hybridized carbons (Fsp3) is 0.444. The van der Waals surface area contributed by atoms with Crippen molar-refractivity contribution >= 4 is 9.84 Å². The molecule has 29 heavy (non-hydrogen) atoms. The van der Waals surface area contributed by atoms with Gasteiger partial charge >= 0.3 is 11.7 Å². The predicted octanol–water partition coefficient (Wildman–Crippen LogP) is 2.42. The summed E-state index contributed by atoms with van der Waals surface area (Å²) in [4.78, 5) is 12.6. The van der Waals surface area contributed by atoms with E-state index < -0.39 is 33.7 Å². The number of aliphatic hydroxyl groups is 1. The maximum atomic E-state index is 12.7. The highest BCUT2D eigenvalue weighted by Crippen LogP contribution is 2.28. The number of hydrogen-bond acceptors (Lipinski definition) is 6. The van der Waals surface area contributed by atoms with Gasteiger partial charge in [-0.1, -0.05) is 12.1 Å². The molecule has 1 N–H and O–H groups in total. The molecule has 0 atom stereocenters. The molecule has 1 aromatic carbocycles. The second-order valence-electron chi connectivity index (χ2n) is 7.17. The molecular weight excluding hydrogens is 413 g/mol. The lowest BCUT2D eigenvalue weighted by Crippen LogP contribution is -2.32. The van der Waals surface area contributed by atoms with E-state index in [9.17, 15) is 31.5 Å². The third-order valence-electron chi connectivity index (χ3n) is 3.88. The van der Waals surface area contributed by atoms with Crippen LogP contribution < -0.4 is 10.3 Å². The van der Waals surface area contributed by atoms with E-state index in [4.69, 9.17) is 4.74 Å². The standard InChI is InChI=1S/C18H21F3N2O5S/c1-17(2,25)8-9-28-15-14(10-22-23(16(15)24)11-18(19,20)21)12-4-6-13(7-5-12)29(3,26)27/h4-7,10,25H,8-9,11H2,1-3H3. The summed E-state index contributed by atoms with van der Waals surface area (Å²) >= 11 is 0. The Kier molecular flexibility index (Phi) is 6.43. The molecule has 0 amide bonds. The summed E-state index contributed by atoms with van der Waals surface area (Å²) in [6.45, 7) is 1.34. The Morgan fingerprint density at radius 1 is 1.17 bits per heavy atom. The average molecular weight is 434 g/mol. The number of aromatic nitrogens is 2.